The monoisotopic (exact) mass is 259 g/mol. The maximum absolute atomic E-state index is 13.4. The molecule has 98 valence electrons. The van der Waals surface area contributed by atoms with Crippen LogP contribution < -0.4 is 0 Å². The van der Waals surface area contributed by atoms with Gasteiger partial charge in [0.2, 0.25) is 5.90 Å². The molecular formula is C12H12F3NO2. The summed E-state index contributed by atoms with van der Waals surface area (Å²) in [4.78, 5) is 3.77. The van der Waals surface area contributed by atoms with E-state index in [1.165, 1.54) is 24.3 Å². The average Bonchev–Trinajstić information content (AvgIpc) is 2.84. The topological polar surface area (TPSA) is 30.8 Å². The van der Waals surface area contributed by atoms with Crippen LogP contribution in [0.1, 0.15) is 5.56 Å². The summed E-state index contributed by atoms with van der Waals surface area (Å²) < 4.78 is 50.1. The second-order valence-corrected chi connectivity index (χ2v) is 3.78. The normalized spacial score (nSPS) is 19.0. The van der Waals surface area contributed by atoms with E-state index in [-0.39, 0.29) is 18.7 Å². The van der Waals surface area contributed by atoms with E-state index in [4.69, 9.17) is 9.47 Å². The molecule has 1 aromatic carbocycles. The van der Waals surface area contributed by atoms with E-state index in [0.717, 1.165) is 7.11 Å². The number of halogens is 3. The molecule has 2 rings (SSSR count). The van der Waals surface area contributed by atoms with Crippen molar-refractivity contribution in [1.29, 1.82) is 0 Å². The smallest absolute Gasteiger partial charge is 0.430 e. The van der Waals surface area contributed by atoms with Crippen LogP contribution in [0.4, 0.5) is 13.2 Å². The Morgan fingerprint density at radius 3 is 2.33 bits per heavy atom. The van der Waals surface area contributed by atoms with E-state index in [2.05, 4.69) is 4.99 Å². The Hall–Kier alpha value is -1.56. The quantitative estimate of drug-likeness (QED) is 0.835. The number of hydrogen-bond donors (Lipinski definition) is 0. The maximum atomic E-state index is 13.4. The minimum absolute atomic E-state index is 0.0411. The molecule has 0 amide bonds. The van der Waals surface area contributed by atoms with E-state index in [9.17, 15) is 13.2 Å². The van der Waals surface area contributed by atoms with Gasteiger partial charge in [0.15, 0.2) is 0 Å². The van der Waals surface area contributed by atoms with Crippen molar-refractivity contribution in [3.8, 4) is 0 Å². The lowest BCUT2D eigenvalue weighted by Gasteiger charge is -2.33. The zero-order valence-corrected chi connectivity index (χ0v) is 9.70. The van der Waals surface area contributed by atoms with Crippen molar-refractivity contribution in [2.24, 2.45) is 4.99 Å². The highest BCUT2D eigenvalue weighted by Gasteiger charge is 2.62. The SMILES string of the molecule is COC(C1=NCCO1)(c1ccccc1)C(F)(F)F. The van der Waals surface area contributed by atoms with Crippen LogP contribution in [0, 0.1) is 0 Å². The van der Waals surface area contributed by atoms with Gasteiger partial charge in [0.25, 0.3) is 5.60 Å². The zero-order chi connectivity index (χ0) is 13.2. The van der Waals surface area contributed by atoms with Gasteiger partial charge in [-0.25, -0.2) is 4.99 Å². The molecule has 0 saturated carbocycles. The minimum atomic E-state index is -4.65. The second kappa shape index (κ2) is 4.61. The van der Waals surface area contributed by atoms with Gasteiger partial charge in [-0.05, 0) is 0 Å². The van der Waals surface area contributed by atoms with Gasteiger partial charge >= 0.3 is 6.18 Å². The third-order valence-corrected chi connectivity index (χ3v) is 2.77. The molecule has 0 radical (unpaired) electrons. The first-order chi connectivity index (χ1) is 8.52. The Morgan fingerprint density at radius 2 is 1.89 bits per heavy atom. The molecule has 0 aliphatic carbocycles. The van der Waals surface area contributed by atoms with Gasteiger partial charge in [-0.15, -0.1) is 0 Å². The van der Waals surface area contributed by atoms with Crippen molar-refractivity contribution >= 4 is 5.90 Å². The van der Waals surface area contributed by atoms with Crippen molar-refractivity contribution in [2.75, 3.05) is 20.3 Å². The van der Waals surface area contributed by atoms with Crippen molar-refractivity contribution in [1.82, 2.24) is 0 Å². The highest BCUT2D eigenvalue weighted by Crippen LogP contribution is 2.44. The lowest BCUT2D eigenvalue weighted by molar-refractivity contribution is -0.250. The average molecular weight is 259 g/mol. The van der Waals surface area contributed by atoms with Gasteiger partial charge in [0.05, 0.1) is 6.54 Å². The van der Waals surface area contributed by atoms with Crippen LogP contribution in [0.25, 0.3) is 0 Å². The number of aliphatic imine (C=N–C) groups is 1. The molecule has 1 aromatic rings. The summed E-state index contributed by atoms with van der Waals surface area (Å²) in [5, 5.41) is 0. The largest absolute Gasteiger partial charge is 0.476 e. The predicted octanol–water partition coefficient (Wildman–Crippen LogP) is 2.52. The van der Waals surface area contributed by atoms with E-state index in [0.29, 0.717) is 0 Å². The van der Waals surface area contributed by atoms with Gasteiger partial charge in [-0.3, -0.25) is 0 Å². The molecule has 1 aliphatic rings. The third kappa shape index (κ3) is 1.86. The zero-order valence-electron chi connectivity index (χ0n) is 9.70. The lowest BCUT2D eigenvalue weighted by Crippen LogP contribution is -2.51. The van der Waals surface area contributed by atoms with Crippen LogP contribution in [0.15, 0.2) is 35.3 Å². The first-order valence-corrected chi connectivity index (χ1v) is 5.37. The summed E-state index contributed by atoms with van der Waals surface area (Å²) in [7, 11) is 1.00. The van der Waals surface area contributed by atoms with Crippen molar-refractivity contribution in [2.45, 2.75) is 11.8 Å². The molecule has 1 aliphatic heterocycles. The summed E-state index contributed by atoms with van der Waals surface area (Å²) in [6.07, 6.45) is -4.65. The van der Waals surface area contributed by atoms with Crippen LogP contribution >= 0.6 is 0 Å². The number of benzene rings is 1. The van der Waals surface area contributed by atoms with Gasteiger partial charge in [-0.1, -0.05) is 30.3 Å². The van der Waals surface area contributed by atoms with Crippen LogP contribution in [0.3, 0.4) is 0 Å². The van der Waals surface area contributed by atoms with E-state index < -0.39 is 17.7 Å². The summed E-state index contributed by atoms with van der Waals surface area (Å²) in [6, 6.07) is 7.37. The van der Waals surface area contributed by atoms with Crippen LogP contribution in [-0.2, 0) is 15.1 Å². The summed E-state index contributed by atoms with van der Waals surface area (Å²) in [5.74, 6) is -0.427. The number of ether oxygens (including phenoxy) is 2. The predicted molar refractivity (Wildman–Crippen MR) is 59.4 cm³/mol. The Balaban J connectivity index is 2.59. The molecule has 0 fully saturated rings. The Morgan fingerprint density at radius 1 is 1.22 bits per heavy atom. The highest BCUT2D eigenvalue weighted by atomic mass is 19.4. The molecule has 18 heavy (non-hydrogen) atoms. The summed E-state index contributed by atoms with van der Waals surface area (Å²) >= 11 is 0. The Labute approximate surface area is 102 Å². The third-order valence-electron chi connectivity index (χ3n) is 2.77. The molecule has 3 nitrogen and oxygen atoms in total. The summed E-state index contributed by atoms with van der Waals surface area (Å²) in [6.45, 7) is 0.354. The van der Waals surface area contributed by atoms with Crippen LogP contribution in [0.5, 0.6) is 0 Å². The number of nitrogens with zero attached hydrogens (tertiary/aromatic N) is 1. The number of hydrogen-bond acceptors (Lipinski definition) is 3. The molecule has 6 heteroatoms. The molecule has 0 spiro atoms. The van der Waals surface area contributed by atoms with Crippen LogP contribution in [0.2, 0.25) is 0 Å². The van der Waals surface area contributed by atoms with E-state index in [1.807, 2.05) is 0 Å². The fraction of sp³-hybridized carbons (Fsp3) is 0.417. The highest BCUT2D eigenvalue weighted by molar-refractivity contribution is 5.88. The van der Waals surface area contributed by atoms with Crippen molar-refractivity contribution < 1.29 is 22.6 Å². The van der Waals surface area contributed by atoms with Gasteiger partial charge in [0.1, 0.15) is 6.61 Å². The molecule has 0 bridgehead atoms. The number of methoxy groups -OCH3 is 1. The van der Waals surface area contributed by atoms with Crippen molar-refractivity contribution in [3.63, 3.8) is 0 Å². The number of alkyl halides is 3. The molecule has 0 N–H and O–H groups in total. The first-order valence-electron chi connectivity index (χ1n) is 5.37. The molecule has 0 aromatic heterocycles. The van der Waals surface area contributed by atoms with Gasteiger partial charge < -0.3 is 9.47 Å². The molecule has 1 unspecified atom stereocenters. The Bertz CT molecular complexity index is 444. The standard InChI is InChI=1S/C12H12F3NO2/c1-17-11(12(13,14)15,10-16-7-8-18-10)9-5-3-2-4-6-9/h2-6H,7-8H2,1H3. The number of rotatable bonds is 3. The minimum Gasteiger partial charge on any atom is -0.476 e. The Kier molecular flexibility index (Phi) is 3.30. The first kappa shape index (κ1) is 12.9. The fourth-order valence-corrected chi connectivity index (χ4v) is 1.95. The van der Waals surface area contributed by atoms with E-state index >= 15 is 0 Å². The maximum Gasteiger partial charge on any atom is 0.430 e. The van der Waals surface area contributed by atoms with Gasteiger partial charge in [0, 0.05) is 12.7 Å². The lowest BCUT2D eigenvalue weighted by atomic mass is 9.92. The molecular weight excluding hydrogens is 247 g/mol. The fourth-order valence-electron chi connectivity index (χ4n) is 1.95. The van der Waals surface area contributed by atoms with E-state index in [1.54, 1.807) is 6.07 Å². The summed E-state index contributed by atoms with van der Waals surface area (Å²) in [5.41, 5.74) is -2.66. The van der Waals surface area contributed by atoms with Crippen LogP contribution in [-0.4, -0.2) is 32.3 Å². The van der Waals surface area contributed by atoms with Crippen molar-refractivity contribution in [3.05, 3.63) is 35.9 Å². The van der Waals surface area contributed by atoms with Gasteiger partial charge in [-0.2, -0.15) is 13.2 Å². The molecule has 1 atom stereocenters. The molecule has 1 heterocycles. The second-order valence-electron chi connectivity index (χ2n) is 3.78. The molecule has 0 saturated heterocycles.